The average Bonchev–Trinajstić information content (AvgIpc) is 2.59. The van der Waals surface area contributed by atoms with Crippen molar-refractivity contribution in [2.24, 2.45) is 0 Å². The summed E-state index contributed by atoms with van der Waals surface area (Å²) in [6.45, 7) is -0.460. The molecule has 0 bridgehead atoms. The van der Waals surface area contributed by atoms with Crippen molar-refractivity contribution >= 4 is 29.0 Å². The van der Waals surface area contributed by atoms with Gasteiger partial charge in [-0.2, -0.15) is 0 Å². The van der Waals surface area contributed by atoms with Crippen LogP contribution in [0, 0.1) is 17.5 Å². The highest BCUT2D eigenvalue weighted by Crippen LogP contribution is 2.21. The van der Waals surface area contributed by atoms with Crippen LogP contribution >= 0.6 is 23.2 Å². The zero-order valence-corrected chi connectivity index (χ0v) is 10.6. The van der Waals surface area contributed by atoms with Gasteiger partial charge in [-0.1, -0.05) is 23.2 Å². The molecule has 0 amide bonds. The normalized spacial score (nSPS) is 10.8. The first kappa shape index (κ1) is 13.9. The summed E-state index contributed by atoms with van der Waals surface area (Å²) < 4.78 is 40.6. The van der Waals surface area contributed by atoms with Gasteiger partial charge < -0.3 is 4.57 Å². The van der Waals surface area contributed by atoms with Crippen molar-refractivity contribution in [1.82, 2.24) is 9.55 Å². The van der Waals surface area contributed by atoms with E-state index in [1.165, 1.54) is 0 Å². The van der Waals surface area contributed by atoms with Crippen LogP contribution in [0.4, 0.5) is 13.2 Å². The lowest BCUT2D eigenvalue weighted by molar-refractivity contribution is 0.0963. The van der Waals surface area contributed by atoms with Gasteiger partial charge in [0.1, 0.15) is 22.6 Å². The van der Waals surface area contributed by atoms with Gasteiger partial charge in [-0.05, 0) is 0 Å². The van der Waals surface area contributed by atoms with Crippen molar-refractivity contribution in [1.29, 1.82) is 0 Å². The van der Waals surface area contributed by atoms with Crippen LogP contribution in [0.1, 0.15) is 10.4 Å². The maximum absolute atomic E-state index is 13.4. The fraction of sp³-hybridized carbons (Fsp3) is 0.0909. The number of halogens is 5. The molecule has 1 aromatic carbocycles. The maximum atomic E-state index is 13.4. The molecule has 1 heterocycles. The van der Waals surface area contributed by atoms with Crippen molar-refractivity contribution in [2.45, 2.75) is 6.54 Å². The Balaban J connectivity index is 2.33. The lowest BCUT2D eigenvalue weighted by Crippen LogP contribution is -2.14. The van der Waals surface area contributed by atoms with Crippen molar-refractivity contribution < 1.29 is 18.0 Å². The van der Waals surface area contributed by atoms with Crippen molar-refractivity contribution in [3.05, 3.63) is 51.8 Å². The molecule has 0 aliphatic carbocycles. The minimum absolute atomic E-state index is 0.0297. The van der Waals surface area contributed by atoms with E-state index in [4.69, 9.17) is 23.2 Å². The Kier molecular flexibility index (Phi) is 3.82. The minimum atomic E-state index is -1.27. The zero-order valence-electron chi connectivity index (χ0n) is 9.13. The third-order valence-electron chi connectivity index (χ3n) is 2.33. The monoisotopic (exact) mass is 308 g/mol. The molecular weight excluding hydrogens is 304 g/mol. The summed E-state index contributed by atoms with van der Waals surface area (Å²) >= 11 is 11.3. The Morgan fingerprint density at radius 1 is 1.21 bits per heavy atom. The lowest BCUT2D eigenvalue weighted by Gasteiger charge is -2.06. The minimum Gasteiger partial charge on any atom is -0.312 e. The molecule has 0 atom stereocenters. The predicted octanol–water partition coefficient (Wildman–Crippen LogP) is 3.49. The van der Waals surface area contributed by atoms with Crippen molar-refractivity contribution in [3.63, 3.8) is 0 Å². The molecule has 0 aliphatic rings. The van der Waals surface area contributed by atoms with E-state index in [2.05, 4.69) is 4.98 Å². The molecule has 8 heteroatoms. The maximum Gasteiger partial charge on any atom is 0.188 e. The summed E-state index contributed by atoms with van der Waals surface area (Å²) in [7, 11) is 0. The smallest absolute Gasteiger partial charge is 0.188 e. The molecule has 100 valence electrons. The van der Waals surface area contributed by atoms with Crippen LogP contribution < -0.4 is 0 Å². The van der Waals surface area contributed by atoms with Gasteiger partial charge in [-0.3, -0.25) is 4.79 Å². The third kappa shape index (κ3) is 2.74. The highest BCUT2D eigenvalue weighted by atomic mass is 35.5. The number of hydrogen-bond acceptors (Lipinski definition) is 2. The summed E-state index contributed by atoms with van der Waals surface area (Å²) in [6.07, 6.45) is 1.15. The number of benzene rings is 1. The van der Waals surface area contributed by atoms with Gasteiger partial charge in [0.15, 0.2) is 10.9 Å². The SMILES string of the molecule is O=C(Cn1cnc(Cl)c1Cl)c1c(F)cc(F)cc1F. The Bertz CT molecular complexity index is 634. The number of carbonyl (C=O) groups excluding carboxylic acids is 1. The van der Waals surface area contributed by atoms with E-state index in [0.29, 0.717) is 12.1 Å². The van der Waals surface area contributed by atoms with Gasteiger partial charge in [0.25, 0.3) is 0 Å². The standard InChI is InChI=1S/C11H5Cl2F3N2O/c12-10-11(13)18(4-17-10)3-8(19)9-6(15)1-5(14)2-7(9)16/h1-2,4H,3H2. The molecule has 0 saturated carbocycles. The summed E-state index contributed by atoms with van der Waals surface area (Å²) in [4.78, 5) is 15.4. The summed E-state index contributed by atoms with van der Waals surface area (Å²) in [5, 5.41) is -0.0625. The molecule has 0 saturated heterocycles. The molecule has 19 heavy (non-hydrogen) atoms. The van der Waals surface area contributed by atoms with Crippen LogP contribution in [-0.4, -0.2) is 15.3 Å². The second-order valence-corrected chi connectivity index (χ2v) is 4.34. The Labute approximate surface area is 115 Å². The summed E-state index contributed by atoms with van der Waals surface area (Å²) in [6, 6.07) is 0.859. The van der Waals surface area contributed by atoms with E-state index < -0.39 is 35.3 Å². The van der Waals surface area contributed by atoms with Crippen molar-refractivity contribution in [3.8, 4) is 0 Å². The van der Waals surface area contributed by atoms with Crippen LogP contribution in [-0.2, 0) is 6.54 Å². The Morgan fingerprint density at radius 3 is 2.26 bits per heavy atom. The van der Waals surface area contributed by atoms with Gasteiger partial charge in [0.05, 0.1) is 18.4 Å². The molecule has 0 radical (unpaired) electrons. The number of aromatic nitrogens is 2. The highest BCUT2D eigenvalue weighted by molar-refractivity contribution is 6.40. The fourth-order valence-electron chi connectivity index (χ4n) is 1.50. The van der Waals surface area contributed by atoms with Gasteiger partial charge in [0, 0.05) is 12.1 Å². The summed E-state index contributed by atoms with van der Waals surface area (Å²) in [5.74, 6) is -4.56. The molecule has 0 aliphatic heterocycles. The molecule has 1 aromatic heterocycles. The molecule has 2 aromatic rings. The first-order valence-corrected chi connectivity index (χ1v) is 5.69. The molecule has 0 spiro atoms. The van der Waals surface area contributed by atoms with Gasteiger partial charge in [0.2, 0.25) is 0 Å². The van der Waals surface area contributed by atoms with E-state index in [-0.39, 0.29) is 10.3 Å². The quantitative estimate of drug-likeness (QED) is 0.814. The van der Waals surface area contributed by atoms with Gasteiger partial charge in [-0.15, -0.1) is 0 Å². The summed E-state index contributed by atoms with van der Waals surface area (Å²) in [5.41, 5.74) is -0.831. The number of carbonyl (C=O) groups is 1. The van der Waals surface area contributed by atoms with E-state index in [1.807, 2.05) is 0 Å². The molecular formula is C11H5Cl2F3N2O. The number of Topliss-reactive ketones (excluding diaryl/α,β-unsaturated/α-hetero) is 1. The van der Waals surface area contributed by atoms with E-state index in [1.54, 1.807) is 0 Å². The molecule has 3 nitrogen and oxygen atoms in total. The first-order valence-electron chi connectivity index (χ1n) is 4.94. The van der Waals surface area contributed by atoms with Crippen LogP contribution in [0.2, 0.25) is 10.3 Å². The number of ketones is 1. The topological polar surface area (TPSA) is 34.9 Å². The number of nitrogens with zero attached hydrogens (tertiary/aromatic N) is 2. The lowest BCUT2D eigenvalue weighted by atomic mass is 10.1. The fourth-order valence-corrected chi connectivity index (χ4v) is 1.80. The Hall–Kier alpha value is -1.53. The van der Waals surface area contributed by atoms with Crippen LogP contribution in [0.3, 0.4) is 0 Å². The van der Waals surface area contributed by atoms with E-state index >= 15 is 0 Å². The van der Waals surface area contributed by atoms with Gasteiger partial charge in [-0.25, -0.2) is 18.2 Å². The van der Waals surface area contributed by atoms with E-state index in [9.17, 15) is 18.0 Å². The highest BCUT2D eigenvalue weighted by Gasteiger charge is 2.20. The second kappa shape index (κ2) is 5.22. The predicted molar refractivity (Wildman–Crippen MR) is 62.9 cm³/mol. The third-order valence-corrected chi connectivity index (χ3v) is 3.10. The van der Waals surface area contributed by atoms with Crippen LogP contribution in [0.15, 0.2) is 18.5 Å². The molecule has 0 fully saturated rings. The Morgan fingerprint density at radius 2 is 1.79 bits per heavy atom. The van der Waals surface area contributed by atoms with Crippen LogP contribution in [0.25, 0.3) is 0 Å². The molecule has 0 N–H and O–H groups in total. The molecule has 2 rings (SSSR count). The van der Waals surface area contributed by atoms with Crippen molar-refractivity contribution in [2.75, 3.05) is 0 Å². The largest absolute Gasteiger partial charge is 0.312 e. The number of rotatable bonds is 3. The van der Waals surface area contributed by atoms with E-state index in [0.717, 1.165) is 10.9 Å². The number of imidazole rings is 1. The van der Waals surface area contributed by atoms with Crippen LogP contribution in [0.5, 0.6) is 0 Å². The number of hydrogen-bond donors (Lipinski definition) is 0. The first-order chi connectivity index (χ1) is 8.90. The van der Waals surface area contributed by atoms with Gasteiger partial charge >= 0.3 is 0 Å². The average molecular weight is 309 g/mol. The second-order valence-electron chi connectivity index (χ2n) is 3.62. The molecule has 0 unspecified atom stereocenters. The zero-order chi connectivity index (χ0) is 14.2.